The SMILES string of the molecule is C1CCCCC(N(C2CCCCCCCCC2)C2CCCCC(N(C3CCCCCCCC3)C3CCCCCCCC3)CCC2)CCCC1. The summed E-state index contributed by atoms with van der Waals surface area (Å²) in [7, 11) is 0. The van der Waals surface area contributed by atoms with Crippen molar-refractivity contribution >= 4 is 0 Å². The van der Waals surface area contributed by atoms with Crippen molar-refractivity contribution in [1.29, 1.82) is 0 Å². The molecule has 0 aromatic carbocycles. The van der Waals surface area contributed by atoms with Crippen LogP contribution in [0, 0.1) is 0 Å². The van der Waals surface area contributed by atoms with Gasteiger partial charge in [0.1, 0.15) is 0 Å². The molecule has 5 fully saturated rings. The number of rotatable bonds is 6. The molecule has 0 radical (unpaired) electrons. The molecule has 0 aliphatic heterocycles. The molecule has 0 bridgehead atoms. The van der Waals surface area contributed by atoms with Gasteiger partial charge in [-0.05, 0) is 77.0 Å². The fourth-order valence-electron chi connectivity index (χ4n) is 12.0. The van der Waals surface area contributed by atoms with Crippen LogP contribution in [0.25, 0.3) is 0 Å². The van der Waals surface area contributed by atoms with Crippen molar-refractivity contribution < 1.29 is 0 Å². The van der Waals surface area contributed by atoms with Gasteiger partial charge in [-0.2, -0.15) is 0 Å². The molecule has 2 unspecified atom stereocenters. The molecule has 5 aliphatic carbocycles. The summed E-state index contributed by atoms with van der Waals surface area (Å²) in [6, 6.07) is 5.25. The van der Waals surface area contributed by atoms with Crippen molar-refractivity contribution in [2.75, 3.05) is 0 Å². The molecular weight excluding hydrogens is 593 g/mol. The molecule has 0 heterocycles. The van der Waals surface area contributed by atoms with Gasteiger partial charge in [0.15, 0.2) is 0 Å². The van der Waals surface area contributed by atoms with Crippen LogP contribution in [0.5, 0.6) is 0 Å². The molecule has 2 atom stereocenters. The largest absolute Gasteiger partial charge is 0.294 e. The lowest BCUT2D eigenvalue weighted by molar-refractivity contribution is 0.0358. The van der Waals surface area contributed by atoms with Crippen molar-refractivity contribution in [2.24, 2.45) is 0 Å². The fraction of sp³-hybridized carbons (Fsp3) is 1.00. The van der Waals surface area contributed by atoms with Crippen LogP contribution in [0.15, 0.2) is 0 Å². The predicted molar refractivity (Wildman–Crippen MR) is 216 cm³/mol. The third kappa shape index (κ3) is 14.7. The van der Waals surface area contributed by atoms with Crippen LogP contribution in [-0.4, -0.2) is 46.1 Å². The van der Waals surface area contributed by atoms with Crippen LogP contribution in [0.2, 0.25) is 0 Å². The molecule has 5 aliphatic rings. The summed E-state index contributed by atoms with van der Waals surface area (Å²) in [6.45, 7) is 0. The summed E-state index contributed by atoms with van der Waals surface area (Å²) in [5.41, 5.74) is 0. The zero-order chi connectivity index (χ0) is 33.6. The van der Waals surface area contributed by atoms with Crippen LogP contribution in [0.3, 0.4) is 0 Å². The Morgan fingerprint density at radius 1 is 0.143 bits per heavy atom. The smallest absolute Gasteiger partial charge is 0.0101 e. The van der Waals surface area contributed by atoms with Crippen molar-refractivity contribution in [3.8, 4) is 0 Å². The molecule has 0 amide bonds. The number of hydrogen-bond donors (Lipinski definition) is 0. The van der Waals surface area contributed by atoms with E-state index in [0.717, 1.165) is 36.3 Å². The quantitative estimate of drug-likeness (QED) is 0.275. The Balaban J connectivity index is 1.33. The topological polar surface area (TPSA) is 6.48 Å². The highest BCUT2D eigenvalue weighted by Crippen LogP contribution is 2.37. The van der Waals surface area contributed by atoms with Crippen molar-refractivity contribution in [3.63, 3.8) is 0 Å². The maximum Gasteiger partial charge on any atom is 0.0101 e. The lowest BCUT2D eigenvalue weighted by Gasteiger charge is -2.45. The van der Waals surface area contributed by atoms with Gasteiger partial charge < -0.3 is 0 Å². The molecule has 0 spiro atoms. The minimum absolute atomic E-state index is 0.864. The molecule has 5 saturated carbocycles. The first-order valence-corrected chi connectivity index (χ1v) is 23.9. The van der Waals surface area contributed by atoms with E-state index in [4.69, 9.17) is 0 Å². The van der Waals surface area contributed by atoms with E-state index in [-0.39, 0.29) is 0 Å². The second-order valence-electron chi connectivity index (χ2n) is 18.5. The first-order chi connectivity index (χ1) is 24.4. The van der Waals surface area contributed by atoms with Gasteiger partial charge in [-0.1, -0.05) is 186 Å². The Kier molecular flexibility index (Phi) is 20.5. The highest BCUT2D eigenvalue weighted by Gasteiger charge is 2.35. The van der Waals surface area contributed by atoms with Gasteiger partial charge in [0.25, 0.3) is 0 Å². The summed E-state index contributed by atoms with van der Waals surface area (Å²) in [5, 5.41) is 0. The molecule has 0 aromatic heterocycles. The maximum atomic E-state index is 3.35. The van der Waals surface area contributed by atoms with E-state index in [9.17, 15) is 0 Å². The Labute approximate surface area is 308 Å². The Morgan fingerprint density at radius 3 is 0.449 bits per heavy atom. The van der Waals surface area contributed by atoms with Crippen LogP contribution in [-0.2, 0) is 0 Å². The third-order valence-corrected chi connectivity index (χ3v) is 14.7. The molecule has 286 valence electrons. The van der Waals surface area contributed by atoms with Crippen LogP contribution in [0.4, 0.5) is 0 Å². The third-order valence-electron chi connectivity index (χ3n) is 14.7. The molecule has 0 N–H and O–H groups in total. The van der Waals surface area contributed by atoms with E-state index in [1.165, 1.54) is 263 Å². The number of hydrogen-bond acceptors (Lipinski definition) is 2. The van der Waals surface area contributed by atoms with Crippen molar-refractivity contribution in [3.05, 3.63) is 0 Å². The monoisotopic (exact) mass is 681 g/mol. The lowest BCUT2D eigenvalue weighted by Crippen LogP contribution is -2.50. The van der Waals surface area contributed by atoms with Crippen LogP contribution in [0.1, 0.15) is 263 Å². The standard InChI is InChI=1S/C47H88N2/c1-3-11-19-30-42(31-20-12-4-1)48(43-32-21-13-5-2-6-14-22-33-43)46-38-27-28-39-47(41-29-40-46)49(44-34-23-15-7-8-16-24-35-44)45-36-25-17-9-10-18-26-37-45/h42-47H,1-41H2. The van der Waals surface area contributed by atoms with E-state index in [1.807, 2.05) is 0 Å². The lowest BCUT2D eigenvalue weighted by atomic mass is 9.88. The summed E-state index contributed by atoms with van der Waals surface area (Å²) >= 11 is 0. The summed E-state index contributed by atoms with van der Waals surface area (Å²) in [6.07, 6.45) is 61.6. The van der Waals surface area contributed by atoms with Gasteiger partial charge in [-0.25, -0.2) is 0 Å². The predicted octanol–water partition coefficient (Wildman–Crippen LogP) is 14.9. The summed E-state index contributed by atoms with van der Waals surface area (Å²) in [5.74, 6) is 0. The molecule has 2 heteroatoms. The Hall–Kier alpha value is -0.0800. The average molecular weight is 681 g/mol. The summed E-state index contributed by atoms with van der Waals surface area (Å²) < 4.78 is 0. The van der Waals surface area contributed by atoms with E-state index < -0.39 is 0 Å². The number of nitrogens with zero attached hydrogens (tertiary/aromatic N) is 2. The minimum atomic E-state index is 0.864. The van der Waals surface area contributed by atoms with E-state index in [2.05, 4.69) is 9.80 Å². The van der Waals surface area contributed by atoms with Crippen LogP contribution < -0.4 is 0 Å². The first-order valence-electron chi connectivity index (χ1n) is 23.9. The van der Waals surface area contributed by atoms with E-state index in [1.54, 1.807) is 0 Å². The highest BCUT2D eigenvalue weighted by molar-refractivity contribution is 4.91. The molecule has 0 saturated heterocycles. The van der Waals surface area contributed by atoms with Crippen molar-refractivity contribution in [1.82, 2.24) is 9.80 Å². The van der Waals surface area contributed by atoms with Gasteiger partial charge >= 0.3 is 0 Å². The molecule has 0 aromatic rings. The zero-order valence-corrected chi connectivity index (χ0v) is 33.3. The van der Waals surface area contributed by atoms with Gasteiger partial charge in [0.2, 0.25) is 0 Å². The average Bonchev–Trinajstić information content (AvgIpc) is 3.41. The second kappa shape index (κ2) is 25.0. The molecule has 49 heavy (non-hydrogen) atoms. The van der Waals surface area contributed by atoms with E-state index >= 15 is 0 Å². The summed E-state index contributed by atoms with van der Waals surface area (Å²) in [4.78, 5) is 6.68. The first kappa shape index (κ1) is 40.1. The van der Waals surface area contributed by atoms with Gasteiger partial charge in [0, 0.05) is 36.3 Å². The molecular formula is C47H88N2. The Morgan fingerprint density at radius 2 is 0.265 bits per heavy atom. The molecule has 5 rings (SSSR count). The second-order valence-corrected chi connectivity index (χ2v) is 18.5. The van der Waals surface area contributed by atoms with Gasteiger partial charge in [0.05, 0.1) is 0 Å². The maximum absolute atomic E-state index is 3.35. The molecule has 2 nitrogen and oxygen atoms in total. The zero-order valence-electron chi connectivity index (χ0n) is 33.3. The van der Waals surface area contributed by atoms with Crippen molar-refractivity contribution in [2.45, 2.75) is 300 Å². The normalized spacial score (nSPS) is 30.0. The highest BCUT2D eigenvalue weighted by atomic mass is 15.2. The van der Waals surface area contributed by atoms with Crippen LogP contribution >= 0.6 is 0 Å². The fourth-order valence-corrected chi connectivity index (χ4v) is 12.0. The Bertz CT molecular complexity index is 705. The van der Waals surface area contributed by atoms with Gasteiger partial charge in [-0.3, -0.25) is 9.80 Å². The minimum Gasteiger partial charge on any atom is -0.294 e. The van der Waals surface area contributed by atoms with E-state index in [0.29, 0.717) is 0 Å². The van der Waals surface area contributed by atoms with Gasteiger partial charge in [-0.15, -0.1) is 0 Å².